The molecular weight excluding hydrogens is 336 g/mol. The smallest absolute Gasteiger partial charge is 0.289 e. The van der Waals surface area contributed by atoms with Crippen molar-refractivity contribution in [1.29, 1.82) is 0 Å². The summed E-state index contributed by atoms with van der Waals surface area (Å²) in [5, 5.41) is 13.6. The van der Waals surface area contributed by atoms with Crippen LogP contribution in [-0.2, 0) is 0 Å². The number of amides is 1. The molecule has 3 aromatic heterocycles. The topological polar surface area (TPSA) is 114 Å². The number of aromatic nitrogens is 5. The van der Waals surface area contributed by atoms with Crippen LogP contribution in [0.1, 0.15) is 10.4 Å². The van der Waals surface area contributed by atoms with Crippen molar-refractivity contribution in [2.24, 2.45) is 0 Å². The van der Waals surface area contributed by atoms with Gasteiger partial charge < -0.3 is 4.84 Å². The van der Waals surface area contributed by atoms with Gasteiger partial charge >= 0.3 is 0 Å². The van der Waals surface area contributed by atoms with Gasteiger partial charge in [-0.15, -0.1) is 10.2 Å². The summed E-state index contributed by atoms with van der Waals surface area (Å²) in [5.41, 5.74) is 3.04. The number of hydrogen-bond donors (Lipinski definition) is 2. The van der Waals surface area contributed by atoms with Gasteiger partial charge in [0, 0.05) is 11.7 Å². The maximum absolute atomic E-state index is 12.4. The van der Waals surface area contributed by atoms with Crippen molar-refractivity contribution in [2.75, 3.05) is 0 Å². The van der Waals surface area contributed by atoms with E-state index >= 15 is 0 Å². The molecule has 0 fully saturated rings. The molecule has 0 aliphatic carbocycles. The maximum Gasteiger partial charge on any atom is 0.289 e. The molecule has 128 valence electrons. The highest BCUT2D eigenvalue weighted by Crippen LogP contribution is 2.25. The number of tetrazole rings is 1. The zero-order valence-electron chi connectivity index (χ0n) is 13.3. The van der Waals surface area contributed by atoms with Crippen LogP contribution in [0.3, 0.4) is 0 Å². The molecule has 0 radical (unpaired) electrons. The molecule has 0 bridgehead atoms. The first kappa shape index (κ1) is 15.5. The number of hydrogen-bond acceptors (Lipinski definition) is 6. The van der Waals surface area contributed by atoms with Crippen molar-refractivity contribution in [3.8, 4) is 17.1 Å². The largest absolute Gasteiger partial charge is 0.378 e. The van der Waals surface area contributed by atoms with Crippen LogP contribution in [0.5, 0.6) is 5.75 Å². The van der Waals surface area contributed by atoms with E-state index in [4.69, 9.17) is 4.84 Å². The van der Waals surface area contributed by atoms with Gasteiger partial charge in [0.15, 0.2) is 5.75 Å². The van der Waals surface area contributed by atoms with Crippen LogP contribution in [0, 0.1) is 0 Å². The standard InChI is InChI=1S/C17H12N6O3/c24-16(13-9-8-11-5-3-4-10-23(11)17(13)25)20-26-14-7-2-1-6-12(14)15-18-21-22-19-15/h1-10H,(H,20,24)(H,18,19,21,22). The minimum Gasteiger partial charge on any atom is -0.378 e. The van der Waals surface area contributed by atoms with Crippen molar-refractivity contribution < 1.29 is 9.63 Å². The number of pyridine rings is 2. The molecule has 26 heavy (non-hydrogen) atoms. The Morgan fingerprint density at radius 3 is 2.77 bits per heavy atom. The number of para-hydroxylation sites is 1. The summed E-state index contributed by atoms with van der Waals surface area (Å²) >= 11 is 0. The van der Waals surface area contributed by atoms with Gasteiger partial charge in [0.25, 0.3) is 11.5 Å². The molecule has 0 aliphatic heterocycles. The lowest BCUT2D eigenvalue weighted by Crippen LogP contribution is -2.33. The summed E-state index contributed by atoms with van der Waals surface area (Å²) in [4.78, 5) is 30.2. The van der Waals surface area contributed by atoms with E-state index in [-0.39, 0.29) is 5.56 Å². The minimum absolute atomic E-state index is 0.0363. The van der Waals surface area contributed by atoms with E-state index in [2.05, 4.69) is 26.1 Å². The van der Waals surface area contributed by atoms with E-state index in [1.165, 1.54) is 10.5 Å². The Morgan fingerprint density at radius 2 is 1.92 bits per heavy atom. The Morgan fingerprint density at radius 1 is 1.08 bits per heavy atom. The van der Waals surface area contributed by atoms with Gasteiger partial charge in [-0.25, -0.2) is 0 Å². The summed E-state index contributed by atoms with van der Waals surface area (Å²) in [6, 6.07) is 15.3. The Kier molecular flexibility index (Phi) is 3.86. The number of fused-ring (bicyclic) bond motifs is 1. The molecule has 1 aromatic carbocycles. The summed E-state index contributed by atoms with van der Waals surface area (Å²) < 4.78 is 1.39. The molecule has 4 rings (SSSR count). The Hall–Kier alpha value is -4.01. The third kappa shape index (κ3) is 2.77. The number of benzene rings is 1. The van der Waals surface area contributed by atoms with Gasteiger partial charge in [-0.3, -0.25) is 14.0 Å². The lowest BCUT2D eigenvalue weighted by molar-refractivity contribution is 0.0759. The fourth-order valence-electron chi connectivity index (χ4n) is 2.49. The van der Waals surface area contributed by atoms with Crippen LogP contribution in [0.25, 0.3) is 16.9 Å². The second-order valence-electron chi connectivity index (χ2n) is 5.31. The normalized spacial score (nSPS) is 10.6. The van der Waals surface area contributed by atoms with E-state index < -0.39 is 11.5 Å². The van der Waals surface area contributed by atoms with Gasteiger partial charge in [-0.2, -0.15) is 10.7 Å². The van der Waals surface area contributed by atoms with Gasteiger partial charge in [-0.05, 0) is 41.6 Å². The monoisotopic (exact) mass is 348 g/mol. The second kappa shape index (κ2) is 6.48. The zero-order valence-corrected chi connectivity index (χ0v) is 13.3. The van der Waals surface area contributed by atoms with Gasteiger partial charge in [0.2, 0.25) is 5.82 Å². The van der Waals surface area contributed by atoms with Crippen molar-refractivity contribution >= 4 is 11.4 Å². The highest BCUT2D eigenvalue weighted by molar-refractivity contribution is 5.93. The average molecular weight is 348 g/mol. The molecule has 0 saturated carbocycles. The van der Waals surface area contributed by atoms with E-state index in [1.54, 1.807) is 48.7 Å². The molecule has 4 aromatic rings. The molecular formula is C17H12N6O3. The molecule has 0 atom stereocenters. The van der Waals surface area contributed by atoms with Crippen LogP contribution in [0.2, 0.25) is 0 Å². The lowest BCUT2D eigenvalue weighted by atomic mass is 10.2. The molecule has 0 saturated heterocycles. The third-order valence-electron chi connectivity index (χ3n) is 3.73. The van der Waals surface area contributed by atoms with Crippen molar-refractivity contribution in [2.45, 2.75) is 0 Å². The summed E-state index contributed by atoms with van der Waals surface area (Å²) in [7, 11) is 0. The SMILES string of the molecule is O=C(NOc1ccccc1-c1nn[nH]n1)c1ccc2ccccn2c1=O. The summed E-state index contributed by atoms with van der Waals surface area (Å²) in [6.45, 7) is 0. The maximum atomic E-state index is 12.4. The first-order valence-electron chi connectivity index (χ1n) is 7.64. The molecule has 9 nitrogen and oxygen atoms in total. The van der Waals surface area contributed by atoms with Crippen molar-refractivity contribution in [3.05, 3.63) is 76.7 Å². The van der Waals surface area contributed by atoms with E-state index in [1.807, 2.05) is 6.07 Å². The van der Waals surface area contributed by atoms with Crippen LogP contribution < -0.4 is 15.9 Å². The number of H-pyrrole nitrogens is 1. The molecule has 1 amide bonds. The Bertz CT molecular complexity index is 1140. The van der Waals surface area contributed by atoms with Crippen LogP contribution in [0.4, 0.5) is 0 Å². The average Bonchev–Trinajstić information content (AvgIpc) is 3.21. The van der Waals surface area contributed by atoms with Gasteiger partial charge in [0.05, 0.1) is 5.56 Å². The number of carbonyl (C=O) groups excluding carboxylic acids is 1. The van der Waals surface area contributed by atoms with Crippen LogP contribution in [-0.4, -0.2) is 30.9 Å². The first-order chi connectivity index (χ1) is 12.7. The van der Waals surface area contributed by atoms with Crippen molar-refractivity contribution in [1.82, 2.24) is 30.5 Å². The lowest BCUT2D eigenvalue weighted by Gasteiger charge is -2.10. The predicted octanol–water partition coefficient (Wildman–Crippen LogP) is 1.20. The molecule has 9 heteroatoms. The fourth-order valence-corrected chi connectivity index (χ4v) is 2.49. The molecule has 0 spiro atoms. The predicted molar refractivity (Wildman–Crippen MR) is 91.4 cm³/mol. The number of rotatable bonds is 4. The zero-order chi connectivity index (χ0) is 17.9. The number of carbonyl (C=O) groups is 1. The van der Waals surface area contributed by atoms with Crippen molar-refractivity contribution in [3.63, 3.8) is 0 Å². The Balaban J connectivity index is 1.59. The minimum atomic E-state index is -0.656. The highest BCUT2D eigenvalue weighted by atomic mass is 16.7. The molecule has 3 heterocycles. The van der Waals surface area contributed by atoms with E-state index in [9.17, 15) is 9.59 Å². The fraction of sp³-hybridized carbons (Fsp3) is 0. The number of nitrogens with one attached hydrogen (secondary N) is 2. The first-order valence-corrected chi connectivity index (χ1v) is 7.64. The third-order valence-corrected chi connectivity index (χ3v) is 3.73. The Labute approximate surface area is 146 Å². The van der Waals surface area contributed by atoms with Gasteiger partial charge in [-0.1, -0.05) is 18.2 Å². The van der Waals surface area contributed by atoms with Crippen LogP contribution in [0.15, 0.2) is 65.6 Å². The number of aromatic amines is 1. The quantitative estimate of drug-likeness (QED) is 0.536. The number of nitrogens with zero attached hydrogens (tertiary/aromatic N) is 4. The molecule has 0 unspecified atom stereocenters. The van der Waals surface area contributed by atoms with E-state index in [0.29, 0.717) is 22.7 Å². The van der Waals surface area contributed by atoms with E-state index in [0.717, 1.165) is 0 Å². The molecule has 2 N–H and O–H groups in total. The summed E-state index contributed by atoms with van der Waals surface area (Å²) in [6.07, 6.45) is 1.60. The second-order valence-corrected chi connectivity index (χ2v) is 5.31. The number of hydroxylamine groups is 1. The summed E-state index contributed by atoms with van der Waals surface area (Å²) in [5.74, 6) is -0.0140. The molecule has 0 aliphatic rings. The highest BCUT2D eigenvalue weighted by Gasteiger charge is 2.15. The van der Waals surface area contributed by atoms with Crippen LogP contribution >= 0.6 is 0 Å². The van der Waals surface area contributed by atoms with Gasteiger partial charge in [0.1, 0.15) is 5.56 Å².